The zero-order valence-corrected chi connectivity index (χ0v) is 10.9. The van der Waals surface area contributed by atoms with E-state index in [1.165, 1.54) is 12.8 Å². The molecule has 96 valence electrons. The number of carbonyl (C=O) groups is 1. The normalized spacial score (nSPS) is 35.8. The molecule has 2 fully saturated rings. The van der Waals surface area contributed by atoms with Gasteiger partial charge < -0.3 is 5.32 Å². The van der Waals surface area contributed by atoms with Crippen LogP contribution < -0.4 is 10.6 Å². The lowest BCUT2D eigenvalue weighted by Gasteiger charge is -2.24. The number of hydrogen-bond donors (Lipinski definition) is 2. The maximum Gasteiger partial charge on any atom is 0.252 e. The number of amides is 1. The molecule has 1 aliphatic carbocycles. The Morgan fingerprint density at radius 2 is 2.18 bits per heavy atom. The average Bonchev–Trinajstić information content (AvgIpc) is 2.51. The van der Waals surface area contributed by atoms with E-state index in [1.54, 1.807) is 0 Å². The van der Waals surface area contributed by atoms with Gasteiger partial charge in [-0.2, -0.15) is 0 Å². The minimum absolute atomic E-state index is 0.126. The van der Waals surface area contributed by atoms with Crippen LogP contribution in [0.3, 0.4) is 0 Å². The lowest BCUT2D eigenvalue weighted by atomic mass is 9.89. The molecule has 1 amide bonds. The van der Waals surface area contributed by atoms with Gasteiger partial charge in [0.05, 0.1) is 0 Å². The largest absolute Gasteiger partial charge is 0.342 e. The van der Waals surface area contributed by atoms with Gasteiger partial charge in [-0.3, -0.25) is 15.1 Å². The maximum atomic E-state index is 12.1. The zero-order chi connectivity index (χ0) is 12.3. The molecule has 4 nitrogen and oxygen atoms in total. The third-order valence-electron chi connectivity index (χ3n) is 4.11. The van der Waals surface area contributed by atoms with E-state index in [4.69, 9.17) is 0 Å². The highest BCUT2D eigenvalue weighted by atomic mass is 16.2. The third kappa shape index (κ3) is 2.45. The van der Waals surface area contributed by atoms with Gasteiger partial charge in [0.15, 0.2) is 5.96 Å². The molecule has 4 heteroatoms. The summed E-state index contributed by atoms with van der Waals surface area (Å²) in [5.74, 6) is 1.59. The Morgan fingerprint density at radius 1 is 1.35 bits per heavy atom. The van der Waals surface area contributed by atoms with Crippen LogP contribution in [0.1, 0.15) is 52.4 Å². The van der Waals surface area contributed by atoms with Crippen LogP contribution in [-0.4, -0.2) is 24.0 Å². The number of aliphatic imine (C=N–C) groups is 1. The van der Waals surface area contributed by atoms with Crippen molar-refractivity contribution in [3.8, 4) is 0 Å². The topological polar surface area (TPSA) is 53.5 Å². The summed E-state index contributed by atoms with van der Waals surface area (Å²) in [6.07, 6.45) is 6.66. The van der Waals surface area contributed by atoms with Crippen molar-refractivity contribution >= 4 is 11.9 Å². The molecule has 1 spiro atoms. The summed E-state index contributed by atoms with van der Waals surface area (Å²) < 4.78 is 0. The molecule has 2 atom stereocenters. The first-order chi connectivity index (χ1) is 8.20. The Balaban J connectivity index is 2.09. The van der Waals surface area contributed by atoms with Gasteiger partial charge in [0.25, 0.3) is 5.91 Å². The molecule has 0 bridgehead atoms. The first-order valence-electron chi connectivity index (χ1n) is 6.84. The van der Waals surface area contributed by atoms with Crippen LogP contribution in [0.5, 0.6) is 0 Å². The van der Waals surface area contributed by atoms with Gasteiger partial charge in [0.1, 0.15) is 5.54 Å². The first-order valence-corrected chi connectivity index (χ1v) is 6.84. The minimum atomic E-state index is -0.363. The van der Waals surface area contributed by atoms with Gasteiger partial charge in [0, 0.05) is 6.54 Å². The highest BCUT2D eigenvalue weighted by Gasteiger charge is 2.45. The Hall–Kier alpha value is -1.06. The summed E-state index contributed by atoms with van der Waals surface area (Å²) in [6, 6.07) is 0. The van der Waals surface area contributed by atoms with E-state index < -0.39 is 0 Å². The second-order valence-electron chi connectivity index (χ2n) is 5.19. The smallest absolute Gasteiger partial charge is 0.252 e. The number of carbonyl (C=O) groups excluding carboxylic acids is 1. The molecule has 2 aliphatic rings. The number of hydrogen-bond acceptors (Lipinski definition) is 2. The van der Waals surface area contributed by atoms with Crippen LogP contribution in [-0.2, 0) is 4.79 Å². The van der Waals surface area contributed by atoms with Crippen molar-refractivity contribution in [2.75, 3.05) is 6.54 Å². The molecule has 1 aliphatic heterocycles. The van der Waals surface area contributed by atoms with Crippen molar-refractivity contribution < 1.29 is 4.79 Å². The number of guanidine groups is 1. The van der Waals surface area contributed by atoms with Crippen molar-refractivity contribution in [1.82, 2.24) is 10.6 Å². The predicted octanol–water partition coefficient (Wildman–Crippen LogP) is 1.81. The molecule has 1 saturated heterocycles. The fourth-order valence-corrected chi connectivity index (χ4v) is 2.95. The van der Waals surface area contributed by atoms with Crippen LogP contribution in [0.2, 0.25) is 0 Å². The van der Waals surface area contributed by atoms with Gasteiger partial charge in [-0.15, -0.1) is 0 Å². The molecule has 0 radical (unpaired) electrons. The molecule has 2 unspecified atom stereocenters. The van der Waals surface area contributed by atoms with Crippen LogP contribution in [0.25, 0.3) is 0 Å². The van der Waals surface area contributed by atoms with Crippen LogP contribution >= 0.6 is 0 Å². The van der Waals surface area contributed by atoms with Crippen molar-refractivity contribution in [2.24, 2.45) is 10.9 Å². The van der Waals surface area contributed by atoms with Crippen molar-refractivity contribution in [3.05, 3.63) is 0 Å². The second-order valence-corrected chi connectivity index (χ2v) is 5.19. The minimum Gasteiger partial charge on any atom is -0.342 e. The van der Waals surface area contributed by atoms with E-state index in [0.29, 0.717) is 12.5 Å². The molecule has 2 rings (SSSR count). The fraction of sp³-hybridized carbons (Fsp3) is 0.846. The summed E-state index contributed by atoms with van der Waals surface area (Å²) >= 11 is 0. The Morgan fingerprint density at radius 3 is 2.88 bits per heavy atom. The van der Waals surface area contributed by atoms with E-state index in [0.717, 1.165) is 31.6 Å². The van der Waals surface area contributed by atoms with Crippen LogP contribution in [0.15, 0.2) is 4.99 Å². The predicted molar refractivity (Wildman–Crippen MR) is 68.9 cm³/mol. The Bertz CT molecular complexity index is 327. The van der Waals surface area contributed by atoms with Crippen molar-refractivity contribution in [3.63, 3.8) is 0 Å². The molecule has 1 saturated carbocycles. The van der Waals surface area contributed by atoms with E-state index >= 15 is 0 Å². The Kier molecular flexibility index (Phi) is 3.69. The van der Waals surface area contributed by atoms with Crippen molar-refractivity contribution in [2.45, 2.75) is 57.9 Å². The molecule has 1 heterocycles. The first kappa shape index (κ1) is 12.4. The highest BCUT2D eigenvalue weighted by Crippen LogP contribution is 2.33. The summed E-state index contributed by atoms with van der Waals surface area (Å²) in [4.78, 5) is 16.4. The average molecular weight is 237 g/mol. The monoisotopic (exact) mass is 237 g/mol. The van der Waals surface area contributed by atoms with E-state index in [-0.39, 0.29) is 11.4 Å². The zero-order valence-electron chi connectivity index (χ0n) is 10.9. The van der Waals surface area contributed by atoms with Gasteiger partial charge >= 0.3 is 0 Å². The SMILES string of the molecule is CCN=C1NC(=O)C2(CCCC(CC)CC2)N1. The fourth-order valence-electron chi connectivity index (χ4n) is 2.95. The summed E-state index contributed by atoms with van der Waals surface area (Å²) in [5.41, 5.74) is -0.363. The van der Waals surface area contributed by atoms with E-state index in [9.17, 15) is 4.79 Å². The van der Waals surface area contributed by atoms with Gasteiger partial charge in [-0.1, -0.05) is 26.2 Å². The van der Waals surface area contributed by atoms with E-state index in [2.05, 4.69) is 22.5 Å². The summed E-state index contributed by atoms with van der Waals surface area (Å²) in [5, 5.41) is 6.21. The van der Waals surface area contributed by atoms with E-state index in [1.807, 2.05) is 6.92 Å². The standard InChI is InChI=1S/C13H23N3O/c1-3-10-6-5-8-13(9-7-10)11(17)15-12(16-13)14-4-2/h10H,3-9H2,1-2H3,(H2,14,15,16,17). The number of nitrogens with one attached hydrogen (secondary N) is 2. The molecule has 0 aromatic rings. The maximum absolute atomic E-state index is 12.1. The molecule has 17 heavy (non-hydrogen) atoms. The van der Waals surface area contributed by atoms with Gasteiger partial charge in [0.2, 0.25) is 0 Å². The molecule has 2 N–H and O–H groups in total. The third-order valence-corrected chi connectivity index (χ3v) is 4.11. The molecular weight excluding hydrogens is 214 g/mol. The van der Waals surface area contributed by atoms with Gasteiger partial charge in [-0.25, -0.2) is 0 Å². The van der Waals surface area contributed by atoms with Crippen molar-refractivity contribution in [1.29, 1.82) is 0 Å². The quantitative estimate of drug-likeness (QED) is 0.769. The highest BCUT2D eigenvalue weighted by molar-refractivity contribution is 6.09. The van der Waals surface area contributed by atoms with Gasteiger partial charge in [-0.05, 0) is 32.1 Å². The molecule has 0 aromatic heterocycles. The molecular formula is C13H23N3O. The second kappa shape index (κ2) is 5.07. The molecule has 0 aromatic carbocycles. The summed E-state index contributed by atoms with van der Waals surface area (Å²) in [7, 11) is 0. The van der Waals surface area contributed by atoms with Crippen LogP contribution in [0.4, 0.5) is 0 Å². The lowest BCUT2D eigenvalue weighted by molar-refractivity contribution is -0.124. The number of rotatable bonds is 2. The Labute approximate surface area is 103 Å². The summed E-state index contributed by atoms with van der Waals surface area (Å²) in [6.45, 7) is 4.93. The van der Waals surface area contributed by atoms with Crippen LogP contribution in [0, 0.1) is 5.92 Å². The lowest BCUT2D eigenvalue weighted by Crippen LogP contribution is -2.46. The number of nitrogens with zero attached hydrogens (tertiary/aromatic N) is 1.